The summed E-state index contributed by atoms with van der Waals surface area (Å²) in [6.07, 6.45) is 6.42. The lowest BCUT2D eigenvalue weighted by atomic mass is 10.0. The highest BCUT2D eigenvalue weighted by molar-refractivity contribution is 6.39. The lowest BCUT2D eigenvalue weighted by Gasteiger charge is -2.20. The molecule has 138 valence electrons. The predicted octanol–water partition coefficient (Wildman–Crippen LogP) is 2.67. The van der Waals surface area contributed by atoms with Gasteiger partial charge >= 0.3 is 0 Å². The van der Waals surface area contributed by atoms with Gasteiger partial charge in [0.2, 0.25) is 0 Å². The highest BCUT2D eigenvalue weighted by atomic mass is 16.5. The van der Waals surface area contributed by atoms with Crippen LogP contribution in [0.5, 0.6) is 0 Å². The van der Waals surface area contributed by atoms with Crippen LogP contribution in [0, 0.1) is 23.7 Å². The van der Waals surface area contributed by atoms with Gasteiger partial charge in [0.25, 0.3) is 0 Å². The summed E-state index contributed by atoms with van der Waals surface area (Å²) < 4.78 is 5.40. The molecule has 26 heavy (non-hydrogen) atoms. The molecule has 1 aliphatic carbocycles. The van der Waals surface area contributed by atoms with Crippen LogP contribution in [0.3, 0.4) is 0 Å². The average Bonchev–Trinajstić information content (AvgIpc) is 3.49. The summed E-state index contributed by atoms with van der Waals surface area (Å²) >= 11 is 0. The summed E-state index contributed by atoms with van der Waals surface area (Å²) in [6, 6.07) is 6.18. The van der Waals surface area contributed by atoms with Gasteiger partial charge < -0.3 is 15.5 Å². The molecule has 1 heterocycles. The van der Waals surface area contributed by atoms with E-state index in [0.29, 0.717) is 17.5 Å². The number of hydrogen-bond donors (Lipinski definition) is 1. The summed E-state index contributed by atoms with van der Waals surface area (Å²) in [5, 5.41) is 3.98. The van der Waals surface area contributed by atoms with Gasteiger partial charge in [0.1, 0.15) is 5.71 Å². The van der Waals surface area contributed by atoms with Crippen molar-refractivity contribution in [3.63, 3.8) is 0 Å². The van der Waals surface area contributed by atoms with E-state index in [-0.39, 0.29) is 0 Å². The van der Waals surface area contributed by atoms with Gasteiger partial charge in [0, 0.05) is 62.8 Å². The number of hydrogen-bond acceptors (Lipinski definition) is 5. The number of benzene rings is 1. The minimum Gasteiger partial charge on any atom is -0.381 e. The molecule has 0 unspecified atom stereocenters. The van der Waals surface area contributed by atoms with Gasteiger partial charge in [-0.3, -0.25) is 4.99 Å². The van der Waals surface area contributed by atoms with Crippen LogP contribution in [-0.4, -0.2) is 45.8 Å². The molecule has 3 rings (SSSR count). The van der Waals surface area contributed by atoms with Crippen molar-refractivity contribution in [1.82, 2.24) is 0 Å². The van der Waals surface area contributed by atoms with Crippen molar-refractivity contribution in [1.29, 1.82) is 0 Å². The van der Waals surface area contributed by atoms with E-state index in [9.17, 15) is 0 Å². The fourth-order valence-electron chi connectivity index (χ4n) is 3.00. The molecule has 2 N–H and O–H groups in total. The van der Waals surface area contributed by atoms with Crippen molar-refractivity contribution in [3.8, 4) is 11.8 Å². The molecule has 1 aliphatic heterocycles. The van der Waals surface area contributed by atoms with Crippen molar-refractivity contribution >= 4 is 17.6 Å². The van der Waals surface area contributed by atoms with Crippen LogP contribution in [0.2, 0.25) is 0 Å². The Morgan fingerprint density at radius 3 is 2.69 bits per heavy atom. The molecule has 1 saturated heterocycles. The second-order valence-electron chi connectivity index (χ2n) is 7.23. The zero-order valence-electron chi connectivity index (χ0n) is 15.7. The maximum atomic E-state index is 5.67. The molecule has 0 amide bonds. The fraction of sp³-hybridized carbons (Fsp3) is 0.524. The van der Waals surface area contributed by atoms with Crippen LogP contribution in [-0.2, 0) is 4.74 Å². The van der Waals surface area contributed by atoms with E-state index < -0.39 is 0 Å². The van der Waals surface area contributed by atoms with Gasteiger partial charge in [-0.1, -0.05) is 11.8 Å². The maximum Gasteiger partial charge on any atom is 0.110 e. The molecule has 2 fully saturated rings. The summed E-state index contributed by atoms with van der Waals surface area (Å²) in [4.78, 5) is 6.66. The van der Waals surface area contributed by atoms with Crippen molar-refractivity contribution in [2.45, 2.75) is 25.7 Å². The first-order valence-electron chi connectivity index (χ1n) is 9.36. The maximum absolute atomic E-state index is 5.67. The molecule has 0 atom stereocenters. The van der Waals surface area contributed by atoms with Crippen molar-refractivity contribution in [2.75, 3.05) is 38.8 Å². The normalized spacial score (nSPS) is 18.6. The highest BCUT2D eigenvalue weighted by Gasteiger charge is 2.18. The van der Waals surface area contributed by atoms with Gasteiger partial charge in [-0.25, -0.2) is 0 Å². The number of aliphatic imine (C=N–C) groups is 1. The second kappa shape index (κ2) is 8.86. The first-order valence-corrected chi connectivity index (χ1v) is 9.36. The summed E-state index contributed by atoms with van der Waals surface area (Å²) in [5.41, 5.74) is 3.75. The standard InChI is InChI=1S/C21H28N4O/c1-25(2)21-13-17(6-5-16-3-4-16)7-8-19(21)20(24-22)15-23-14-18-9-11-26-12-10-18/h7-8,13,15-16,18H,3-4,9-12,14,22H2,1-2H3/b23-15?,24-20+. The highest BCUT2D eigenvalue weighted by Crippen LogP contribution is 2.28. The van der Waals surface area contributed by atoms with E-state index in [1.54, 1.807) is 6.21 Å². The topological polar surface area (TPSA) is 63.2 Å². The van der Waals surface area contributed by atoms with E-state index in [1.165, 1.54) is 12.8 Å². The van der Waals surface area contributed by atoms with Crippen LogP contribution < -0.4 is 10.7 Å². The Kier molecular flexibility index (Phi) is 6.30. The molecule has 0 spiro atoms. The van der Waals surface area contributed by atoms with Gasteiger partial charge in [0.05, 0.1) is 0 Å². The number of rotatable bonds is 5. The third kappa shape index (κ3) is 5.09. The van der Waals surface area contributed by atoms with Crippen LogP contribution in [0.25, 0.3) is 0 Å². The molecule has 0 radical (unpaired) electrons. The van der Waals surface area contributed by atoms with Crippen molar-refractivity contribution < 1.29 is 4.74 Å². The molecule has 0 bridgehead atoms. The van der Waals surface area contributed by atoms with E-state index in [2.05, 4.69) is 32.9 Å². The molecular weight excluding hydrogens is 324 g/mol. The minimum atomic E-state index is 0.590. The Morgan fingerprint density at radius 1 is 1.27 bits per heavy atom. The summed E-state index contributed by atoms with van der Waals surface area (Å²) in [5.74, 6) is 13.4. The number of anilines is 1. The Morgan fingerprint density at radius 2 is 2.04 bits per heavy atom. The van der Waals surface area contributed by atoms with E-state index in [0.717, 1.165) is 49.4 Å². The lowest BCUT2D eigenvalue weighted by molar-refractivity contribution is 0.0690. The number of hydrazone groups is 1. The molecule has 5 nitrogen and oxygen atoms in total. The van der Waals surface area contributed by atoms with Gasteiger partial charge in [0.15, 0.2) is 0 Å². The minimum absolute atomic E-state index is 0.590. The molecule has 2 aliphatic rings. The van der Waals surface area contributed by atoms with Gasteiger partial charge in [-0.05, 0) is 49.8 Å². The average molecular weight is 352 g/mol. The SMILES string of the molecule is CN(C)c1cc(C#CC2CC2)ccc1/C(C=NCC1CCOCC1)=N/N. The zero-order valence-corrected chi connectivity index (χ0v) is 15.7. The molecule has 5 heteroatoms. The molecule has 1 aromatic carbocycles. The van der Waals surface area contributed by atoms with Crippen molar-refractivity contribution in [3.05, 3.63) is 29.3 Å². The van der Waals surface area contributed by atoms with Gasteiger partial charge in [-0.15, -0.1) is 0 Å². The van der Waals surface area contributed by atoms with Crippen LogP contribution in [0.1, 0.15) is 36.8 Å². The monoisotopic (exact) mass is 352 g/mol. The summed E-state index contributed by atoms with van der Waals surface area (Å²) in [7, 11) is 4.04. The smallest absolute Gasteiger partial charge is 0.110 e. The number of nitrogens with two attached hydrogens (primary N) is 1. The Balaban J connectivity index is 1.75. The van der Waals surface area contributed by atoms with E-state index in [4.69, 9.17) is 10.6 Å². The zero-order chi connectivity index (χ0) is 18.4. The molecule has 1 saturated carbocycles. The first-order chi connectivity index (χ1) is 12.7. The quantitative estimate of drug-likeness (QED) is 0.383. The molecular formula is C21H28N4O. The fourth-order valence-corrected chi connectivity index (χ4v) is 3.00. The third-order valence-corrected chi connectivity index (χ3v) is 4.81. The van der Waals surface area contributed by atoms with Crippen LogP contribution in [0.15, 0.2) is 28.3 Å². The van der Waals surface area contributed by atoms with Crippen molar-refractivity contribution in [2.24, 2.45) is 27.8 Å². The molecule has 0 aromatic heterocycles. The van der Waals surface area contributed by atoms with Gasteiger partial charge in [-0.2, -0.15) is 5.10 Å². The van der Waals surface area contributed by atoms with Crippen LogP contribution in [0.4, 0.5) is 5.69 Å². The number of nitrogens with zero attached hydrogens (tertiary/aromatic N) is 3. The van der Waals surface area contributed by atoms with E-state index >= 15 is 0 Å². The lowest BCUT2D eigenvalue weighted by Crippen LogP contribution is -2.19. The number of ether oxygens (including phenoxy) is 1. The van der Waals surface area contributed by atoms with E-state index in [1.807, 2.05) is 26.2 Å². The Bertz CT molecular complexity index is 732. The Labute approximate surface area is 156 Å². The summed E-state index contributed by atoms with van der Waals surface area (Å²) in [6.45, 7) is 2.48. The largest absolute Gasteiger partial charge is 0.381 e. The molecule has 1 aromatic rings. The first kappa shape index (κ1) is 18.5. The Hall–Kier alpha value is -2.32. The third-order valence-electron chi connectivity index (χ3n) is 4.81. The second-order valence-corrected chi connectivity index (χ2v) is 7.23. The van der Waals surface area contributed by atoms with Crippen LogP contribution >= 0.6 is 0 Å². The predicted molar refractivity (Wildman–Crippen MR) is 108 cm³/mol.